The number of fused-ring (bicyclic) bond motifs is 2. The van der Waals surface area contributed by atoms with Gasteiger partial charge in [0.25, 0.3) is 0 Å². The average Bonchev–Trinajstić information content (AvgIpc) is 2.60. The van der Waals surface area contributed by atoms with Gasteiger partial charge < -0.3 is 4.74 Å². The Balaban J connectivity index is 2.16. The second-order valence-electron chi connectivity index (χ2n) is 6.21. The van der Waals surface area contributed by atoms with Gasteiger partial charge in [0, 0.05) is 0 Å². The topological polar surface area (TPSA) is 64.3 Å². The van der Waals surface area contributed by atoms with Crippen molar-refractivity contribution in [2.24, 2.45) is 22.6 Å². The summed E-state index contributed by atoms with van der Waals surface area (Å²) in [6.45, 7) is 6.16. The fraction of sp³-hybridized carbons (Fsp3) is 0.917. The number of halogens is 2. The third-order valence-electron chi connectivity index (χ3n) is 5.40. The molecule has 104 valence electrons. The first-order chi connectivity index (χ1) is 8.15. The first-order valence-corrected chi connectivity index (χ1v) is 6.22. The molecule has 0 radical (unpaired) electrons. The quantitative estimate of drug-likeness (QED) is 0.463. The van der Waals surface area contributed by atoms with E-state index in [2.05, 4.69) is 13.8 Å². The Morgan fingerprint density at radius 3 is 2.44 bits per heavy atom. The highest BCUT2D eigenvalue weighted by Gasteiger charge is 2.64. The molecule has 3 unspecified atom stereocenters. The van der Waals surface area contributed by atoms with E-state index in [1.54, 1.807) is 0 Å². The summed E-state index contributed by atoms with van der Waals surface area (Å²) in [5.41, 5.74) is 1.10. The van der Waals surface area contributed by atoms with Crippen LogP contribution in [-0.2, 0) is 9.53 Å². The zero-order valence-electron chi connectivity index (χ0n) is 10.9. The smallest absolute Gasteiger partial charge is 0.309 e. The van der Waals surface area contributed by atoms with Crippen molar-refractivity contribution in [3.63, 3.8) is 0 Å². The lowest BCUT2D eigenvalue weighted by Gasteiger charge is -2.39. The van der Waals surface area contributed by atoms with E-state index in [9.17, 15) is 13.6 Å². The molecule has 0 aromatic heterocycles. The fourth-order valence-corrected chi connectivity index (χ4v) is 3.62. The third kappa shape index (κ3) is 1.66. The molecule has 0 aromatic rings. The molecule has 6 heteroatoms. The molecule has 2 saturated carbocycles. The molecule has 0 spiro atoms. The average molecular weight is 262 g/mol. The summed E-state index contributed by atoms with van der Waals surface area (Å²) >= 11 is 0. The summed E-state index contributed by atoms with van der Waals surface area (Å²) in [5.74, 6) is 3.52. The van der Waals surface area contributed by atoms with Gasteiger partial charge in [-0.2, -0.15) is 8.78 Å². The molecule has 2 aliphatic rings. The highest BCUT2D eigenvalue weighted by Crippen LogP contribution is 2.66. The van der Waals surface area contributed by atoms with E-state index >= 15 is 0 Å². The number of ether oxygens (including phenoxy) is 1. The number of hydrazine groups is 1. The van der Waals surface area contributed by atoms with E-state index in [0.717, 1.165) is 12.8 Å². The number of hydrogen-bond donors (Lipinski definition) is 2. The molecule has 3 N–H and O–H groups in total. The Bertz CT molecular complexity index is 373. The maximum atomic E-state index is 13.5. The number of nitrogens with one attached hydrogen (secondary N) is 1. The van der Waals surface area contributed by atoms with Crippen molar-refractivity contribution in [3.05, 3.63) is 0 Å². The number of carbonyl (C=O) groups is 1. The highest BCUT2D eigenvalue weighted by atomic mass is 19.3. The van der Waals surface area contributed by atoms with Crippen molar-refractivity contribution in [1.29, 1.82) is 0 Å². The van der Waals surface area contributed by atoms with Crippen molar-refractivity contribution in [2.45, 2.75) is 52.2 Å². The van der Waals surface area contributed by atoms with Crippen LogP contribution in [0.1, 0.15) is 40.0 Å². The molecule has 3 atom stereocenters. The normalized spacial score (nSPS) is 37.9. The molecule has 2 rings (SSSR count). The van der Waals surface area contributed by atoms with Gasteiger partial charge >= 0.3 is 12.0 Å². The van der Waals surface area contributed by atoms with E-state index in [1.807, 2.05) is 6.92 Å². The molecule has 0 aliphatic heterocycles. The summed E-state index contributed by atoms with van der Waals surface area (Å²) in [5, 5.41) is 0. The second kappa shape index (κ2) is 3.87. The summed E-state index contributed by atoms with van der Waals surface area (Å²) in [4.78, 5) is 11.0. The van der Waals surface area contributed by atoms with Crippen molar-refractivity contribution in [1.82, 2.24) is 5.43 Å². The van der Waals surface area contributed by atoms with Crippen molar-refractivity contribution in [2.75, 3.05) is 0 Å². The number of nitrogens with two attached hydrogens (primary N) is 1. The van der Waals surface area contributed by atoms with Crippen LogP contribution in [0.2, 0.25) is 0 Å². The number of hydrogen-bond acceptors (Lipinski definition) is 3. The van der Waals surface area contributed by atoms with Crippen LogP contribution in [0.5, 0.6) is 0 Å². The lowest BCUT2D eigenvalue weighted by Crippen LogP contribution is -2.49. The van der Waals surface area contributed by atoms with Gasteiger partial charge in [-0.15, -0.1) is 0 Å². The Morgan fingerprint density at radius 2 is 2.06 bits per heavy atom. The number of carbonyl (C=O) groups excluding carboxylic acids is 1. The third-order valence-corrected chi connectivity index (χ3v) is 5.40. The number of amides is 1. The van der Waals surface area contributed by atoms with Crippen LogP contribution in [0.15, 0.2) is 0 Å². The predicted octanol–water partition coefficient (Wildman–Crippen LogP) is 1.80. The van der Waals surface area contributed by atoms with Crippen LogP contribution in [0.3, 0.4) is 0 Å². The molecule has 4 nitrogen and oxygen atoms in total. The molecular formula is C12H20F2N2O2. The van der Waals surface area contributed by atoms with Crippen molar-refractivity contribution < 1.29 is 18.3 Å². The van der Waals surface area contributed by atoms with E-state index < -0.39 is 18.1 Å². The van der Waals surface area contributed by atoms with Gasteiger partial charge in [0.15, 0.2) is 0 Å². The summed E-state index contributed by atoms with van der Waals surface area (Å²) in [6, 6.07) is 0. The fourth-order valence-electron chi connectivity index (χ4n) is 3.62. The molecule has 2 bridgehead atoms. The van der Waals surface area contributed by atoms with Crippen LogP contribution in [0.4, 0.5) is 8.78 Å². The highest BCUT2D eigenvalue weighted by molar-refractivity contribution is 5.81. The van der Waals surface area contributed by atoms with Gasteiger partial charge in [0.05, 0.1) is 6.10 Å². The summed E-state index contributed by atoms with van der Waals surface area (Å²) in [6.07, 6.45) is -1.98. The zero-order chi connectivity index (χ0) is 13.8. The van der Waals surface area contributed by atoms with Crippen LogP contribution in [0, 0.1) is 16.7 Å². The number of rotatable bonds is 3. The second-order valence-corrected chi connectivity index (χ2v) is 6.21. The first-order valence-electron chi connectivity index (χ1n) is 6.22. The van der Waals surface area contributed by atoms with Gasteiger partial charge in [-0.05, 0) is 36.0 Å². The van der Waals surface area contributed by atoms with Crippen LogP contribution < -0.4 is 11.3 Å². The Kier molecular flexibility index (Phi) is 2.94. The van der Waals surface area contributed by atoms with Crippen molar-refractivity contribution in [3.8, 4) is 0 Å². The largest absolute Gasteiger partial charge is 0.438 e. The lowest BCUT2D eigenvalue weighted by atomic mass is 9.70. The minimum Gasteiger partial charge on any atom is -0.309 e. The van der Waals surface area contributed by atoms with Gasteiger partial charge in [-0.3, -0.25) is 10.2 Å². The molecular weight excluding hydrogens is 242 g/mol. The molecule has 0 saturated heterocycles. The maximum Gasteiger partial charge on any atom is 0.438 e. The Labute approximate surface area is 105 Å². The predicted molar refractivity (Wildman–Crippen MR) is 61.4 cm³/mol. The Hall–Kier alpha value is -0.750. The van der Waals surface area contributed by atoms with Crippen LogP contribution in [0.25, 0.3) is 0 Å². The lowest BCUT2D eigenvalue weighted by molar-refractivity contribution is -0.266. The van der Waals surface area contributed by atoms with E-state index in [0.29, 0.717) is 12.3 Å². The van der Waals surface area contributed by atoms with Gasteiger partial charge in [0.1, 0.15) is 0 Å². The Morgan fingerprint density at radius 1 is 1.44 bits per heavy atom. The zero-order valence-corrected chi connectivity index (χ0v) is 10.9. The van der Waals surface area contributed by atoms with E-state index in [4.69, 9.17) is 10.6 Å². The standard InChI is InChI=1S/C12H20F2N2O2/c1-10(2)7-4-5-11(10,3)8(6-7)18-12(13,14)9(17)16-15/h7-8H,4-6,15H2,1-3H3,(H,16,17). The molecule has 1 amide bonds. The monoisotopic (exact) mass is 262 g/mol. The van der Waals surface area contributed by atoms with E-state index in [-0.39, 0.29) is 10.8 Å². The minimum absolute atomic E-state index is 0.0348. The summed E-state index contributed by atoms with van der Waals surface area (Å²) in [7, 11) is 0. The van der Waals surface area contributed by atoms with Gasteiger partial charge in [0.2, 0.25) is 0 Å². The maximum absolute atomic E-state index is 13.5. The SMILES string of the molecule is CC1(C)C2CCC1(C)C(OC(F)(F)C(=O)NN)C2. The molecule has 0 heterocycles. The molecule has 18 heavy (non-hydrogen) atoms. The van der Waals surface area contributed by atoms with Crippen molar-refractivity contribution >= 4 is 5.91 Å². The first kappa shape index (κ1) is 13.7. The van der Waals surface area contributed by atoms with Gasteiger partial charge in [-0.1, -0.05) is 20.8 Å². The summed E-state index contributed by atoms with van der Waals surface area (Å²) < 4.78 is 31.8. The molecule has 0 aromatic carbocycles. The van der Waals surface area contributed by atoms with Crippen LogP contribution in [-0.4, -0.2) is 18.1 Å². The molecule has 2 fully saturated rings. The van der Waals surface area contributed by atoms with Gasteiger partial charge in [-0.25, -0.2) is 5.84 Å². The molecule has 2 aliphatic carbocycles. The van der Waals surface area contributed by atoms with Crippen LogP contribution >= 0.6 is 0 Å². The van der Waals surface area contributed by atoms with E-state index in [1.165, 1.54) is 5.43 Å². The number of alkyl halides is 2. The minimum atomic E-state index is -3.86.